The average molecular weight is 216 g/mol. The van der Waals surface area contributed by atoms with Crippen molar-refractivity contribution in [3.63, 3.8) is 0 Å². The number of alkyl halides is 1. The molecule has 0 heterocycles. The van der Waals surface area contributed by atoms with Gasteiger partial charge in [0.05, 0.1) is 5.60 Å². The van der Waals surface area contributed by atoms with E-state index in [4.69, 9.17) is 5.11 Å². The molecule has 46 valence electrons. The Morgan fingerprint density at radius 3 is 1.14 bits per heavy atom. The maximum atomic E-state index is 8.52. The van der Waals surface area contributed by atoms with E-state index in [1.165, 1.54) is 0 Å². The Bertz CT molecular complexity index is 23.6. The van der Waals surface area contributed by atoms with Crippen LogP contribution in [0.1, 0.15) is 20.8 Å². The van der Waals surface area contributed by atoms with Crippen molar-refractivity contribution in [1.82, 2.24) is 0 Å². The normalized spacial score (nSPS) is 9.43. The van der Waals surface area contributed by atoms with Crippen molar-refractivity contribution in [2.75, 3.05) is 4.93 Å². The van der Waals surface area contributed by atoms with Gasteiger partial charge in [0.1, 0.15) is 0 Å². The largest absolute Gasteiger partial charge is 0.391 e. The summed E-state index contributed by atoms with van der Waals surface area (Å²) in [6.45, 7) is 5.23. The number of halogens is 1. The molecule has 0 spiro atoms. The van der Waals surface area contributed by atoms with Crippen molar-refractivity contribution in [2.45, 2.75) is 26.4 Å². The number of aliphatic hydroxyl groups is 1. The van der Waals surface area contributed by atoms with Crippen molar-refractivity contribution in [2.24, 2.45) is 0 Å². The first-order valence-corrected chi connectivity index (χ1v) is 4.26. The highest BCUT2D eigenvalue weighted by Gasteiger charge is 1.97. The molecule has 0 radical (unpaired) electrons. The van der Waals surface area contributed by atoms with Gasteiger partial charge in [0, 0.05) is 0 Å². The van der Waals surface area contributed by atoms with Crippen molar-refractivity contribution in [3.8, 4) is 0 Å². The van der Waals surface area contributed by atoms with Gasteiger partial charge in [-0.15, -0.1) is 0 Å². The summed E-state index contributed by atoms with van der Waals surface area (Å²) in [5, 5.41) is 8.52. The van der Waals surface area contributed by atoms with Crippen LogP contribution in [0.15, 0.2) is 0 Å². The van der Waals surface area contributed by atoms with Gasteiger partial charge in [-0.3, -0.25) is 0 Å². The van der Waals surface area contributed by atoms with Crippen LogP contribution in [0.3, 0.4) is 0 Å². The highest BCUT2D eigenvalue weighted by molar-refractivity contribution is 14.1. The fourth-order valence-electron chi connectivity index (χ4n) is 0. The lowest BCUT2D eigenvalue weighted by Crippen LogP contribution is -2.10. The molecule has 0 atom stereocenters. The Morgan fingerprint density at radius 1 is 1.14 bits per heavy atom. The van der Waals surface area contributed by atoms with Gasteiger partial charge in [0.25, 0.3) is 0 Å². The lowest BCUT2D eigenvalue weighted by atomic mass is 10.2. The van der Waals surface area contributed by atoms with Crippen molar-refractivity contribution < 1.29 is 5.11 Å². The Hall–Kier alpha value is 0.690. The Balaban J connectivity index is 0. The Kier molecular flexibility index (Phi) is 7.35. The van der Waals surface area contributed by atoms with E-state index < -0.39 is 5.60 Å². The van der Waals surface area contributed by atoms with Gasteiger partial charge in [-0.25, -0.2) is 0 Å². The van der Waals surface area contributed by atoms with Crippen LogP contribution in [0.5, 0.6) is 0 Å². The summed E-state index contributed by atoms with van der Waals surface area (Å²) < 4.78 is 0. The van der Waals surface area contributed by atoms with E-state index in [1.807, 2.05) is 4.93 Å². The third-order valence-corrected chi connectivity index (χ3v) is 0. The zero-order valence-electron chi connectivity index (χ0n) is 5.33. The summed E-state index contributed by atoms with van der Waals surface area (Å²) in [5.41, 5.74) is -0.500. The molecular formula is C5H13IO. The average Bonchev–Trinajstić information content (AvgIpc) is 1.36. The Morgan fingerprint density at radius 2 is 1.14 bits per heavy atom. The lowest BCUT2D eigenvalue weighted by Gasteiger charge is -2.04. The summed E-state index contributed by atoms with van der Waals surface area (Å²) in [4.78, 5) is 1.97. The molecule has 0 saturated carbocycles. The highest BCUT2D eigenvalue weighted by Crippen LogP contribution is 1.93. The van der Waals surface area contributed by atoms with Crippen LogP contribution in [0.25, 0.3) is 0 Å². The third-order valence-electron chi connectivity index (χ3n) is 0. The van der Waals surface area contributed by atoms with Crippen LogP contribution < -0.4 is 0 Å². The van der Waals surface area contributed by atoms with Gasteiger partial charge in [-0.1, -0.05) is 22.6 Å². The first kappa shape index (κ1) is 10.6. The van der Waals surface area contributed by atoms with Gasteiger partial charge >= 0.3 is 0 Å². The summed E-state index contributed by atoms with van der Waals surface area (Å²) in [6, 6.07) is 0. The molecule has 2 heteroatoms. The molecule has 0 aliphatic heterocycles. The molecule has 0 aromatic heterocycles. The molecule has 0 aromatic rings. The summed E-state index contributed by atoms with van der Waals surface area (Å²) >= 11 is 2.15. The summed E-state index contributed by atoms with van der Waals surface area (Å²) in [5.74, 6) is 0. The molecule has 0 unspecified atom stereocenters. The number of hydrogen-bond donors (Lipinski definition) is 1. The first-order valence-electron chi connectivity index (χ1n) is 2.10. The fraction of sp³-hybridized carbons (Fsp3) is 1.00. The van der Waals surface area contributed by atoms with Crippen LogP contribution in [0.2, 0.25) is 0 Å². The molecule has 0 fully saturated rings. The van der Waals surface area contributed by atoms with Crippen LogP contribution >= 0.6 is 22.6 Å². The van der Waals surface area contributed by atoms with Crippen molar-refractivity contribution in [3.05, 3.63) is 0 Å². The second-order valence-corrected chi connectivity index (χ2v) is 2.17. The molecular weight excluding hydrogens is 203 g/mol. The van der Waals surface area contributed by atoms with E-state index in [0.717, 1.165) is 0 Å². The van der Waals surface area contributed by atoms with Crippen LogP contribution in [-0.2, 0) is 0 Å². The van der Waals surface area contributed by atoms with Gasteiger partial charge in [-0.05, 0) is 25.7 Å². The van der Waals surface area contributed by atoms with E-state index in [1.54, 1.807) is 20.8 Å². The molecule has 7 heavy (non-hydrogen) atoms. The minimum atomic E-state index is -0.500. The molecule has 0 aliphatic rings. The predicted octanol–water partition coefficient (Wildman–Crippen LogP) is 1.83. The minimum Gasteiger partial charge on any atom is -0.391 e. The van der Waals surface area contributed by atoms with Gasteiger partial charge in [0.2, 0.25) is 0 Å². The van der Waals surface area contributed by atoms with Gasteiger partial charge < -0.3 is 5.11 Å². The summed E-state index contributed by atoms with van der Waals surface area (Å²) in [7, 11) is 0. The standard InChI is InChI=1S/C4H10O.CH3I/c1-4(2,3)5;1-2/h5H,1-3H3;1H3. The maximum Gasteiger partial charge on any atom is 0.0563 e. The zero-order chi connectivity index (χ0) is 6.50. The summed E-state index contributed by atoms with van der Waals surface area (Å²) in [6.07, 6.45) is 0. The Labute approximate surface area is 59.3 Å². The quantitative estimate of drug-likeness (QED) is 0.483. The zero-order valence-corrected chi connectivity index (χ0v) is 7.48. The van der Waals surface area contributed by atoms with Crippen LogP contribution in [0, 0.1) is 0 Å². The monoisotopic (exact) mass is 216 g/mol. The topological polar surface area (TPSA) is 20.2 Å². The first-order chi connectivity index (χ1) is 3.00. The van der Waals surface area contributed by atoms with E-state index in [-0.39, 0.29) is 0 Å². The number of rotatable bonds is 0. The van der Waals surface area contributed by atoms with Crippen LogP contribution in [-0.4, -0.2) is 15.6 Å². The highest BCUT2D eigenvalue weighted by atomic mass is 127. The third kappa shape index (κ3) is 309. The molecule has 0 rings (SSSR count). The minimum absolute atomic E-state index is 0.500. The van der Waals surface area contributed by atoms with Gasteiger partial charge in [0.15, 0.2) is 0 Å². The van der Waals surface area contributed by atoms with Crippen molar-refractivity contribution >= 4 is 22.6 Å². The molecule has 1 nitrogen and oxygen atoms in total. The van der Waals surface area contributed by atoms with E-state index in [0.29, 0.717) is 0 Å². The SMILES string of the molecule is CC(C)(C)O.CI. The smallest absolute Gasteiger partial charge is 0.0563 e. The van der Waals surface area contributed by atoms with E-state index in [9.17, 15) is 0 Å². The molecule has 1 N–H and O–H groups in total. The lowest BCUT2D eigenvalue weighted by molar-refractivity contribution is 0.102. The number of hydrogen-bond acceptors (Lipinski definition) is 1. The molecule has 0 bridgehead atoms. The van der Waals surface area contributed by atoms with E-state index in [2.05, 4.69) is 22.6 Å². The molecule has 0 saturated heterocycles. The predicted molar refractivity (Wildman–Crippen MR) is 41.9 cm³/mol. The van der Waals surface area contributed by atoms with Crippen molar-refractivity contribution in [1.29, 1.82) is 0 Å². The molecule has 0 aliphatic carbocycles. The van der Waals surface area contributed by atoms with Crippen LogP contribution in [0.4, 0.5) is 0 Å². The van der Waals surface area contributed by atoms with E-state index >= 15 is 0 Å². The fourth-order valence-corrected chi connectivity index (χ4v) is 0. The molecule has 0 amide bonds. The second-order valence-electron chi connectivity index (χ2n) is 2.17. The second kappa shape index (κ2) is 4.84. The van der Waals surface area contributed by atoms with Gasteiger partial charge in [-0.2, -0.15) is 0 Å². The maximum absolute atomic E-state index is 8.52. The molecule has 0 aromatic carbocycles.